The van der Waals surface area contributed by atoms with Crippen molar-refractivity contribution in [1.29, 1.82) is 5.41 Å². The summed E-state index contributed by atoms with van der Waals surface area (Å²) in [5.41, 5.74) is 8.94. The van der Waals surface area contributed by atoms with Gasteiger partial charge >= 0.3 is 0 Å². The molecule has 0 aliphatic heterocycles. The van der Waals surface area contributed by atoms with Gasteiger partial charge in [-0.2, -0.15) is 0 Å². The maximum Gasteiger partial charge on any atom is 0.300 e. The largest absolute Gasteiger partial charge is 0.481 e. The molecule has 0 amide bonds. The van der Waals surface area contributed by atoms with Gasteiger partial charge in [0.05, 0.1) is 0 Å². The van der Waals surface area contributed by atoms with E-state index in [0.29, 0.717) is 0 Å². The molecule has 0 aromatic rings. The number of guanidine groups is 1. The molecule has 0 bridgehead atoms. The highest BCUT2D eigenvalue weighted by Crippen LogP contribution is 2.10. The van der Waals surface area contributed by atoms with Crippen molar-refractivity contribution in [3.05, 3.63) is 0 Å². The average molecular weight is 333 g/mol. The van der Waals surface area contributed by atoms with Crippen LogP contribution in [0.5, 0.6) is 0 Å². The fraction of sp³-hybridized carbons (Fsp3) is 0.882. The van der Waals surface area contributed by atoms with Gasteiger partial charge < -0.3 is 21.5 Å². The number of carboxylic acids is 1. The van der Waals surface area contributed by atoms with E-state index in [-0.39, 0.29) is 5.96 Å². The van der Waals surface area contributed by atoms with Crippen molar-refractivity contribution < 1.29 is 9.90 Å². The Balaban J connectivity index is -0.000000413. The second kappa shape index (κ2) is 23.0. The molecule has 0 aromatic carbocycles. The highest BCUT2D eigenvalue weighted by molar-refractivity contribution is 5.71. The SMILES string of the molecule is CC(=O)O.CCCCCCCCCCCCN(C)C.N=C(N)N. The first kappa shape index (κ1) is 26.6. The predicted octanol–water partition coefficient (Wildman–Crippen LogP) is 3.40. The first-order chi connectivity index (χ1) is 10.7. The van der Waals surface area contributed by atoms with E-state index >= 15 is 0 Å². The lowest BCUT2D eigenvalue weighted by Gasteiger charge is -2.08. The minimum Gasteiger partial charge on any atom is -0.481 e. The Morgan fingerprint density at radius 1 is 0.913 bits per heavy atom. The zero-order valence-corrected chi connectivity index (χ0v) is 15.7. The molecule has 6 nitrogen and oxygen atoms in total. The number of nitrogens with one attached hydrogen (secondary N) is 1. The van der Waals surface area contributed by atoms with Gasteiger partial charge in [-0.15, -0.1) is 0 Å². The van der Waals surface area contributed by atoms with E-state index in [4.69, 9.17) is 15.3 Å². The molecule has 6 heteroatoms. The Labute approximate surface area is 143 Å². The highest BCUT2D eigenvalue weighted by atomic mass is 16.4. The van der Waals surface area contributed by atoms with Gasteiger partial charge in [0.1, 0.15) is 0 Å². The third-order valence-electron chi connectivity index (χ3n) is 2.96. The number of hydrogen-bond donors (Lipinski definition) is 4. The van der Waals surface area contributed by atoms with Crippen LogP contribution in [0.3, 0.4) is 0 Å². The maximum atomic E-state index is 9.00. The van der Waals surface area contributed by atoms with E-state index in [0.717, 1.165) is 6.92 Å². The molecular weight excluding hydrogens is 292 g/mol. The molecule has 140 valence electrons. The van der Waals surface area contributed by atoms with Crippen molar-refractivity contribution in [2.45, 2.75) is 78.1 Å². The quantitative estimate of drug-likeness (QED) is 0.263. The number of rotatable bonds is 11. The Morgan fingerprint density at radius 2 is 1.17 bits per heavy atom. The molecule has 6 N–H and O–H groups in total. The number of nitrogens with zero attached hydrogens (tertiary/aromatic N) is 1. The lowest BCUT2D eigenvalue weighted by atomic mass is 10.1. The molecule has 0 radical (unpaired) electrons. The van der Waals surface area contributed by atoms with Gasteiger partial charge in [-0.1, -0.05) is 64.7 Å². The monoisotopic (exact) mass is 332 g/mol. The number of carboxylic acid groups (broad SMARTS) is 1. The Hall–Kier alpha value is -1.30. The summed E-state index contributed by atoms with van der Waals surface area (Å²) in [5, 5.41) is 13.5. The first-order valence-electron chi connectivity index (χ1n) is 8.67. The van der Waals surface area contributed by atoms with Crippen LogP contribution in [0.4, 0.5) is 0 Å². The van der Waals surface area contributed by atoms with Crippen LogP contribution in [0.2, 0.25) is 0 Å². The third-order valence-corrected chi connectivity index (χ3v) is 2.96. The topological polar surface area (TPSA) is 116 Å². The normalized spacial score (nSPS) is 9.43. The van der Waals surface area contributed by atoms with Crippen molar-refractivity contribution in [2.24, 2.45) is 11.5 Å². The Bertz CT molecular complexity index is 239. The second-order valence-corrected chi connectivity index (χ2v) is 5.96. The van der Waals surface area contributed by atoms with Crippen LogP contribution < -0.4 is 11.5 Å². The molecule has 23 heavy (non-hydrogen) atoms. The van der Waals surface area contributed by atoms with Gasteiger partial charge in [-0.25, -0.2) is 0 Å². The molecule has 0 saturated carbocycles. The van der Waals surface area contributed by atoms with Crippen LogP contribution in [0, 0.1) is 5.41 Å². The van der Waals surface area contributed by atoms with Crippen LogP contribution in [0.25, 0.3) is 0 Å². The van der Waals surface area contributed by atoms with E-state index in [9.17, 15) is 0 Å². The Morgan fingerprint density at radius 3 is 1.43 bits per heavy atom. The summed E-state index contributed by atoms with van der Waals surface area (Å²) in [7, 11) is 4.32. The average Bonchev–Trinajstić information content (AvgIpc) is 2.39. The summed E-state index contributed by atoms with van der Waals surface area (Å²) in [5.74, 6) is -1.17. The fourth-order valence-corrected chi connectivity index (χ4v) is 1.92. The fourth-order valence-electron chi connectivity index (χ4n) is 1.92. The number of unbranched alkanes of at least 4 members (excludes halogenated alkanes) is 9. The second-order valence-electron chi connectivity index (χ2n) is 5.96. The van der Waals surface area contributed by atoms with E-state index in [1.165, 1.54) is 70.8 Å². The molecule has 0 fully saturated rings. The van der Waals surface area contributed by atoms with Gasteiger partial charge in [0.15, 0.2) is 5.96 Å². The Kier molecular flexibility index (Phi) is 26.6. The molecule has 0 aliphatic carbocycles. The zero-order chi connectivity index (χ0) is 18.5. The summed E-state index contributed by atoms with van der Waals surface area (Å²) in [6.07, 6.45) is 14.4. The smallest absolute Gasteiger partial charge is 0.300 e. The van der Waals surface area contributed by atoms with Crippen molar-refractivity contribution >= 4 is 11.9 Å². The molecule has 0 spiro atoms. The third kappa shape index (κ3) is 63.2. The minimum atomic E-state index is -0.833. The molecule has 0 aromatic heterocycles. The van der Waals surface area contributed by atoms with Crippen LogP contribution in [0.15, 0.2) is 0 Å². The predicted molar refractivity (Wildman–Crippen MR) is 99.8 cm³/mol. The van der Waals surface area contributed by atoms with Crippen molar-refractivity contribution in [2.75, 3.05) is 20.6 Å². The minimum absolute atomic E-state index is 0.333. The molecule has 0 saturated heterocycles. The summed E-state index contributed by atoms with van der Waals surface area (Å²) in [6, 6.07) is 0. The molecule has 0 unspecified atom stereocenters. The van der Waals surface area contributed by atoms with Gasteiger partial charge in [-0.3, -0.25) is 10.2 Å². The van der Waals surface area contributed by atoms with Crippen molar-refractivity contribution in [3.8, 4) is 0 Å². The van der Waals surface area contributed by atoms with Crippen molar-refractivity contribution in [3.63, 3.8) is 0 Å². The van der Waals surface area contributed by atoms with Crippen LogP contribution in [0.1, 0.15) is 78.1 Å². The molecule has 0 aliphatic rings. The van der Waals surface area contributed by atoms with Gasteiger partial charge in [0.25, 0.3) is 5.97 Å². The van der Waals surface area contributed by atoms with E-state index in [1.807, 2.05) is 0 Å². The number of hydrogen-bond acceptors (Lipinski definition) is 3. The van der Waals surface area contributed by atoms with Gasteiger partial charge in [0.2, 0.25) is 0 Å². The summed E-state index contributed by atoms with van der Waals surface area (Å²) >= 11 is 0. The number of aliphatic carboxylic acids is 1. The lowest BCUT2D eigenvalue weighted by molar-refractivity contribution is -0.134. The van der Waals surface area contributed by atoms with Gasteiger partial charge in [0, 0.05) is 6.92 Å². The van der Waals surface area contributed by atoms with E-state index in [2.05, 4.69) is 37.4 Å². The molecule has 0 heterocycles. The first-order valence-corrected chi connectivity index (χ1v) is 8.67. The summed E-state index contributed by atoms with van der Waals surface area (Å²) < 4.78 is 0. The molecule has 0 atom stereocenters. The van der Waals surface area contributed by atoms with Crippen LogP contribution in [-0.4, -0.2) is 42.6 Å². The number of nitrogens with two attached hydrogens (primary N) is 2. The lowest BCUT2D eigenvalue weighted by Crippen LogP contribution is -2.20. The summed E-state index contributed by atoms with van der Waals surface area (Å²) in [6.45, 7) is 4.63. The van der Waals surface area contributed by atoms with Gasteiger partial charge in [-0.05, 0) is 27.1 Å². The van der Waals surface area contributed by atoms with Crippen LogP contribution >= 0.6 is 0 Å². The van der Waals surface area contributed by atoms with Crippen LogP contribution in [-0.2, 0) is 4.79 Å². The van der Waals surface area contributed by atoms with E-state index < -0.39 is 5.97 Å². The van der Waals surface area contributed by atoms with E-state index in [1.54, 1.807) is 0 Å². The molecular formula is C17H40N4O2. The molecule has 0 rings (SSSR count). The summed E-state index contributed by atoms with van der Waals surface area (Å²) in [4.78, 5) is 11.3. The highest BCUT2D eigenvalue weighted by Gasteiger charge is 1.93. The maximum absolute atomic E-state index is 9.00. The number of carbonyl (C=O) groups is 1. The zero-order valence-electron chi connectivity index (χ0n) is 15.7. The van der Waals surface area contributed by atoms with Crippen molar-refractivity contribution in [1.82, 2.24) is 4.90 Å². The standard InChI is InChI=1S/C14H31N.C2H4O2.CH5N3/c1-4-5-6-7-8-9-10-11-12-13-14-15(2)3;1-2(3)4;2-1(3)4/h4-14H2,1-3H3;1H3,(H,3,4);(H5,2,3,4).